The molecule has 0 unspecified atom stereocenters. The summed E-state index contributed by atoms with van der Waals surface area (Å²) in [5, 5.41) is 8.10. The summed E-state index contributed by atoms with van der Waals surface area (Å²) in [6.07, 6.45) is 1.81. The van der Waals surface area contributed by atoms with Gasteiger partial charge in [0, 0.05) is 11.4 Å². The van der Waals surface area contributed by atoms with E-state index in [0.29, 0.717) is 11.2 Å². The number of pyridine rings is 1. The minimum Gasteiger partial charge on any atom is -0.360 e. The van der Waals surface area contributed by atoms with Crippen molar-refractivity contribution in [3.05, 3.63) is 36.0 Å². The Hall–Kier alpha value is -1.68. The smallest absolute Gasteiger partial charge is 0.171 e. The normalized spacial score (nSPS) is 11.7. The maximum atomic E-state index is 5.27. The van der Waals surface area contributed by atoms with Crippen LogP contribution in [0.5, 0.6) is 0 Å². The lowest BCUT2D eigenvalue weighted by Gasteiger charge is -2.19. The van der Waals surface area contributed by atoms with Crippen LogP contribution < -0.4 is 10.6 Å². The highest BCUT2D eigenvalue weighted by atomic mass is 32.1. The second-order valence-corrected chi connectivity index (χ2v) is 7.04. The molecular weight excluding hydrogens is 278 g/mol. The predicted molar refractivity (Wildman–Crippen MR) is 94.9 cm³/mol. The van der Waals surface area contributed by atoms with Crippen molar-refractivity contribution in [2.75, 3.05) is 5.32 Å². The van der Waals surface area contributed by atoms with Crippen LogP contribution in [0.25, 0.3) is 10.9 Å². The quantitative estimate of drug-likeness (QED) is 0.814. The van der Waals surface area contributed by atoms with Gasteiger partial charge in [0.1, 0.15) is 0 Å². The van der Waals surface area contributed by atoms with Crippen molar-refractivity contribution in [2.45, 2.75) is 46.1 Å². The summed E-state index contributed by atoms with van der Waals surface area (Å²) < 4.78 is 0. The molecule has 2 rings (SSSR count). The molecule has 0 bridgehead atoms. The molecule has 1 heterocycles. The zero-order valence-electron chi connectivity index (χ0n) is 13.3. The van der Waals surface area contributed by atoms with Gasteiger partial charge in [-0.1, -0.05) is 26.8 Å². The first-order valence-electron chi connectivity index (χ1n) is 7.23. The van der Waals surface area contributed by atoms with Gasteiger partial charge in [-0.25, -0.2) is 0 Å². The second-order valence-electron chi connectivity index (χ2n) is 6.63. The van der Waals surface area contributed by atoms with Gasteiger partial charge in [-0.2, -0.15) is 0 Å². The van der Waals surface area contributed by atoms with Crippen molar-refractivity contribution in [1.82, 2.24) is 10.3 Å². The average molecular weight is 301 g/mol. The number of hydrogen-bond donors (Lipinski definition) is 2. The molecule has 0 aliphatic heterocycles. The molecule has 21 heavy (non-hydrogen) atoms. The highest BCUT2D eigenvalue weighted by Crippen LogP contribution is 2.26. The monoisotopic (exact) mass is 301 g/mol. The number of thiocarbonyl (C=S) groups is 1. The van der Waals surface area contributed by atoms with E-state index in [1.807, 2.05) is 6.20 Å². The first kappa shape index (κ1) is 15.7. The van der Waals surface area contributed by atoms with Crippen LogP contribution in [0, 0.1) is 0 Å². The number of anilines is 1. The maximum Gasteiger partial charge on any atom is 0.171 e. The molecule has 0 aliphatic rings. The number of hydrogen-bond acceptors (Lipinski definition) is 2. The molecule has 0 spiro atoms. The van der Waals surface area contributed by atoms with Gasteiger partial charge >= 0.3 is 0 Å². The minimum absolute atomic E-state index is 0.131. The maximum absolute atomic E-state index is 5.27. The summed E-state index contributed by atoms with van der Waals surface area (Å²) in [5.41, 5.74) is 3.34. The van der Waals surface area contributed by atoms with Crippen LogP contribution in [0.15, 0.2) is 30.5 Å². The fourth-order valence-corrected chi connectivity index (χ4v) is 2.45. The highest BCUT2D eigenvalue weighted by molar-refractivity contribution is 7.80. The molecule has 0 saturated carbocycles. The molecular formula is C17H23N3S. The first-order chi connectivity index (χ1) is 9.75. The molecule has 4 heteroatoms. The Morgan fingerprint density at radius 2 is 1.90 bits per heavy atom. The molecule has 112 valence electrons. The number of rotatable bonds is 2. The topological polar surface area (TPSA) is 37.0 Å². The van der Waals surface area contributed by atoms with Crippen molar-refractivity contribution in [1.29, 1.82) is 0 Å². The minimum atomic E-state index is 0.131. The van der Waals surface area contributed by atoms with Crippen LogP contribution in [0.4, 0.5) is 5.69 Å². The van der Waals surface area contributed by atoms with E-state index in [2.05, 4.69) is 74.5 Å². The van der Waals surface area contributed by atoms with Gasteiger partial charge in [0.25, 0.3) is 0 Å². The van der Waals surface area contributed by atoms with E-state index in [1.54, 1.807) is 0 Å². The number of benzene rings is 1. The van der Waals surface area contributed by atoms with Crippen LogP contribution in [0.1, 0.15) is 40.2 Å². The Kier molecular flexibility index (Phi) is 4.47. The Labute approximate surface area is 132 Å². The number of aromatic nitrogens is 1. The van der Waals surface area contributed by atoms with Crippen molar-refractivity contribution in [3.8, 4) is 0 Å². The summed E-state index contributed by atoms with van der Waals surface area (Å²) in [6, 6.07) is 8.82. The largest absolute Gasteiger partial charge is 0.360 e. The third-order valence-electron chi connectivity index (χ3n) is 3.22. The standard InChI is InChI=1S/C17H23N3S/c1-11(2)19-16(21)20-14-9-12-8-13(17(3,4)5)6-7-15(12)18-10-14/h6-11H,1-5H3,(H2,19,20,21). The molecule has 0 fully saturated rings. The van der Waals surface area contributed by atoms with E-state index in [-0.39, 0.29) is 5.41 Å². The zero-order valence-corrected chi connectivity index (χ0v) is 14.1. The van der Waals surface area contributed by atoms with E-state index in [4.69, 9.17) is 12.2 Å². The van der Waals surface area contributed by atoms with Crippen molar-refractivity contribution in [2.24, 2.45) is 0 Å². The first-order valence-corrected chi connectivity index (χ1v) is 7.64. The number of fused-ring (bicyclic) bond motifs is 1. The van der Waals surface area contributed by atoms with E-state index in [9.17, 15) is 0 Å². The summed E-state index contributed by atoms with van der Waals surface area (Å²) in [6.45, 7) is 10.8. The fourth-order valence-electron chi connectivity index (χ4n) is 2.10. The van der Waals surface area contributed by atoms with E-state index >= 15 is 0 Å². The lowest BCUT2D eigenvalue weighted by molar-refractivity contribution is 0.591. The fraction of sp³-hybridized carbons (Fsp3) is 0.412. The van der Waals surface area contributed by atoms with Crippen LogP contribution in [-0.2, 0) is 5.41 Å². The molecule has 0 saturated heterocycles. The number of nitrogens with zero attached hydrogens (tertiary/aromatic N) is 1. The Balaban J connectivity index is 2.29. The lowest BCUT2D eigenvalue weighted by atomic mass is 9.86. The molecule has 0 atom stereocenters. The highest BCUT2D eigenvalue weighted by Gasteiger charge is 2.14. The third-order valence-corrected chi connectivity index (χ3v) is 3.44. The average Bonchev–Trinajstić information content (AvgIpc) is 2.35. The van der Waals surface area contributed by atoms with E-state index in [0.717, 1.165) is 16.6 Å². The molecule has 1 aromatic heterocycles. The van der Waals surface area contributed by atoms with Gasteiger partial charge in [0.2, 0.25) is 0 Å². The Morgan fingerprint density at radius 3 is 2.52 bits per heavy atom. The molecule has 3 nitrogen and oxygen atoms in total. The van der Waals surface area contributed by atoms with Gasteiger partial charge in [-0.15, -0.1) is 0 Å². The van der Waals surface area contributed by atoms with E-state index in [1.165, 1.54) is 5.56 Å². The molecule has 2 aromatic rings. The van der Waals surface area contributed by atoms with Gasteiger partial charge in [0.15, 0.2) is 5.11 Å². The van der Waals surface area contributed by atoms with Crippen molar-refractivity contribution >= 4 is 33.9 Å². The molecule has 0 radical (unpaired) electrons. The zero-order chi connectivity index (χ0) is 15.6. The van der Waals surface area contributed by atoms with Gasteiger partial charge < -0.3 is 10.6 Å². The SMILES string of the molecule is CC(C)NC(=S)Nc1cnc2ccc(C(C)(C)C)cc2c1. The van der Waals surface area contributed by atoms with Crippen LogP contribution in [0.3, 0.4) is 0 Å². The molecule has 0 aliphatic carbocycles. The van der Waals surface area contributed by atoms with Crippen molar-refractivity contribution < 1.29 is 0 Å². The van der Waals surface area contributed by atoms with Crippen LogP contribution in [0.2, 0.25) is 0 Å². The summed E-state index contributed by atoms with van der Waals surface area (Å²) >= 11 is 5.27. The third kappa shape index (κ3) is 4.14. The molecule has 2 N–H and O–H groups in total. The van der Waals surface area contributed by atoms with Gasteiger partial charge in [0.05, 0.1) is 17.4 Å². The molecule has 1 aromatic carbocycles. The van der Waals surface area contributed by atoms with Gasteiger partial charge in [-0.3, -0.25) is 4.98 Å². The van der Waals surface area contributed by atoms with Crippen LogP contribution in [-0.4, -0.2) is 16.1 Å². The lowest BCUT2D eigenvalue weighted by Crippen LogP contribution is -2.33. The van der Waals surface area contributed by atoms with E-state index < -0.39 is 0 Å². The second kappa shape index (κ2) is 5.98. The van der Waals surface area contributed by atoms with Crippen LogP contribution >= 0.6 is 12.2 Å². The summed E-state index contributed by atoms with van der Waals surface area (Å²) in [7, 11) is 0. The predicted octanol–water partition coefficient (Wildman–Crippen LogP) is 4.23. The summed E-state index contributed by atoms with van der Waals surface area (Å²) in [4.78, 5) is 4.49. The summed E-state index contributed by atoms with van der Waals surface area (Å²) in [5.74, 6) is 0. The Morgan fingerprint density at radius 1 is 1.19 bits per heavy atom. The number of nitrogens with one attached hydrogen (secondary N) is 2. The Bertz CT molecular complexity index is 657. The van der Waals surface area contributed by atoms with Gasteiger partial charge in [-0.05, 0) is 55.2 Å². The molecule has 0 amide bonds. The van der Waals surface area contributed by atoms with Crippen molar-refractivity contribution in [3.63, 3.8) is 0 Å².